The van der Waals surface area contributed by atoms with Crippen LogP contribution in [0.2, 0.25) is 0 Å². The number of nitrogens with two attached hydrogens (primary N) is 1. The van der Waals surface area contributed by atoms with E-state index >= 15 is 0 Å². The fourth-order valence-electron chi connectivity index (χ4n) is 2.13. The third-order valence-electron chi connectivity index (χ3n) is 3.13. The smallest absolute Gasteiger partial charge is 0.323 e. The summed E-state index contributed by atoms with van der Waals surface area (Å²) in [6.07, 6.45) is 0.391. The summed E-state index contributed by atoms with van der Waals surface area (Å²) in [5.74, 6) is -0.685. The lowest BCUT2D eigenvalue weighted by Gasteiger charge is -2.11. The molecule has 110 valence electrons. The Bertz CT molecular complexity index is 628. The van der Waals surface area contributed by atoms with Crippen molar-refractivity contribution in [3.05, 3.63) is 59.9 Å². The molecule has 0 aromatic heterocycles. The molecule has 2 aromatic rings. The van der Waals surface area contributed by atoms with Crippen LogP contribution in [-0.4, -0.2) is 18.6 Å². The van der Waals surface area contributed by atoms with Gasteiger partial charge in [-0.15, -0.1) is 0 Å². The Labute approximate surface area is 123 Å². The summed E-state index contributed by atoms with van der Waals surface area (Å²) < 4.78 is 18.2. The first-order chi connectivity index (χ1) is 10.1. The van der Waals surface area contributed by atoms with Gasteiger partial charge in [0, 0.05) is 0 Å². The van der Waals surface area contributed by atoms with E-state index in [1.165, 1.54) is 12.1 Å². The van der Waals surface area contributed by atoms with Crippen molar-refractivity contribution >= 4 is 5.97 Å². The van der Waals surface area contributed by atoms with Crippen molar-refractivity contribution in [3.8, 4) is 11.1 Å². The molecule has 0 unspecified atom stereocenters. The number of hydrogen-bond donors (Lipinski definition) is 1. The second kappa shape index (κ2) is 6.99. The summed E-state index contributed by atoms with van der Waals surface area (Å²) in [5, 5.41) is 0. The molecule has 0 fully saturated rings. The highest BCUT2D eigenvalue weighted by atomic mass is 19.1. The highest BCUT2D eigenvalue weighted by Crippen LogP contribution is 2.21. The summed E-state index contributed by atoms with van der Waals surface area (Å²) in [5.41, 5.74) is 8.41. The molecule has 0 radical (unpaired) electrons. The first-order valence-electron chi connectivity index (χ1n) is 6.87. The van der Waals surface area contributed by atoms with Gasteiger partial charge in [-0.05, 0) is 42.2 Å². The molecule has 0 aliphatic rings. The van der Waals surface area contributed by atoms with Gasteiger partial charge in [0.05, 0.1) is 6.61 Å². The minimum absolute atomic E-state index is 0.277. The average Bonchev–Trinajstić information content (AvgIpc) is 2.48. The fourth-order valence-corrected chi connectivity index (χ4v) is 2.13. The normalized spacial score (nSPS) is 12.0. The van der Waals surface area contributed by atoms with Crippen LogP contribution in [-0.2, 0) is 16.0 Å². The number of carbonyl (C=O) groups excluding carboxylic acids is 1. The van der Waals surface area contributed by atoms with E-state index in [1.807, 2.05) is 30.3 Å². The number of carbonyl (C=O) groups is 1. The van der Waals surface area contributed by atoms with E-state index in [1.54, 1.807) is 13.0 Å². The van der Waals surface area contributed by atoms with Crippen molar-refractivity contribution in [1.82, 2.24) is 0 Å². The number of ether oxygens (including phenoxy) is 1. The maximum absolute atomic E-state index is 13.3. The van der Waals surface area contributed by atoms with Crippen LogP contribution >= 0.6 is 0 Å². The summed E-state index contributed by atoms with van der Waals surface area (Å²) >= 11 is 0. The van der Waals surface area contributed by atoms with Gasteiger partial charge in [0.2, 0.25) is 0 Å². The number of rotatable bonds is 5. The minimum Gasteiger partial charge on any atom is -0.465 e. The Morgan fingerprint density at radius 1 is 1.19 bits per heavy atom. The van der Waals surface area contributed by atoms with E-state index in [2.05, 4.69) is 0 Å². The fraction of sp³-hybridized carbons (Fsp3) is 0.235. The summed E-state index contributed by atoms with van der Waals surface area (Å²) in [7, 11) is 0. The van der Waals surface area contributed by atoms with E-state index in [4.69, 9.17) is 10.5 Å². The lowest BCUT2D eigenvalue weighted by molar-refractivity contribution is -0.144. The van der Waals surface area contributed by atoms with E-state index in [0.717, 1.165) is 16.7 Å². The zero-order valence-electron chi connectivity index (χ0n) is 11.9. The Morgan fingerprint density at radius 3 is 2.52 bits per heavy atom. The van der Waals surface area contributed by atoms with Crippen molar-refractivity contribution < 1.29 is 13.9 Å². The maximum Gasteiger partial charge on any atom is 0.323 e. The molecule has 4 heteroatoms. The molecule has 0 amide bonds. The molecule has 2 N–H and O–H groups in total. The molecule has 0 saturated carbocycles. The molecular weight excluding hydrogens is 269 g/mol. The molecule has 21 heavy (non-hydrogen) atoms. The molecule has 0 heterocycles. The third-order valence-corrected chi connectivity index (χ3v) is 3.13. The predicted molar refractivity (Wildman–Crippen MR) is 80.1 cm³/mol. The maximum atomic E-state index is 13.3. The second-order valence-corrected chi connectivity index (χ2v) is 4.77. The average molecular weight is 287 g/mol. The molecule has 1 atom stereocenters. The number of benzene rings is 2. The van der Waals surface area contributed by atoms with Crippen LogP contribution in [0.15, 0.2) is 48.5 Å². The van der Waals surface area contributed by atoms with Gasteiger partial charge in [0.1, 0.15) is 11.9 Å². The van der Waals surface area contributed by atoms with Crippen LogP contribution in [0.5, 0.6) is 0 Å². The van der Waals surface area contributed by atoms with Crippen molar-refractivity contribution in [2.45, 2.75) is 19.4 Å². The SMILES string of the molecule is CCOC(=O)[C@@H](N)Cc1cccc(-c2cccc(F)c2)c1. The van der Waals surface area contributed by atoms with E-state index in [-0.39, 0.29) is 5.82 Å². The van der Waals surface area contributed by atoms with Crippen LogP contribution in [0, 0.1) is 5.82 Å². The molecule has 0 aliphatic heterocycles. The third kappa shape index (κ3) is 4.13. The van der Waals surface area contributed by atoms with Crippen LogP contribution in [0.3, 0.4) is 0 Å². The molecule has 0 bridgehead atoms. The summed E-state index contributed by atoms with van der Waals surface area (Å²) in [6, 6.07) is 13.3. The predicted octanol–water partition coefficient (Wildman–Crippen LogP) is 2.93. The van der Waals surface area contributed by atoms with Crippen molar-refractivity contribution in [2.24, 2.45) is 5.73 Å². The number of halogens is 1. The number of hydrogen-bond acceptors (Lipinski definition) is 3. The van der Waals surface area contributed by atoms with Crippen molar-refractivity contribution in [3.63, 3.8) is 0 Å². The Morgan fingerprint density at radius 2 is 1.86 bits per heavy atom. The highest BCUT2D eigenvalue weighted by molar-refractivity contribution is 5.76. The van der Waals surface area contributed by atoms with E-state index in [9.17, 15) is 9.18 Å². The Hall–Kier alpha value is -2.20. The van der Waals surface area contributed by atoms with E-state index < -0.39 is 12.0 Å². The highest BCUT2D eigenvalue weighted by Gasteiger charge is 2.15. The minimum atomic E-state index is -0.687. The second-order valence-electron chi connectivity index (χ2n) is 4.77. The van der Waals surface area contributed by atoms with E-state index in [0.29, 0.717) is 13.0 Å². The lowest BCUT2D eigenvalue weighted by Crippen LogP contribution is -2.34. The summed E-state index contributed by atoms with van der Waals surface area (Å²) in [6.45, 7) is 2.06. The molecule has 0 aliphatic carbocycles. The van der Waals surface area contributed by atoms with Gasteiger partial charge in [-0.1, -0.05) is 36.4 Å². The van der Waals surface area contributed by atoms with Crippen molar-refractivity contribution in [1.29, 1.82) is 0 Å². The van der Waals surface area contributed by atoms with Crippen LogP contribution in [0.25, 0.3) is 11.1 Å². The molecule has 0 spiro atoms. The van der Waals surface area contributed by atoms with Crippen molar-refractivity contribution in [2.75, 3.05) is 6.61 Å². The Kier molecular flexibility index (Phi) is 5.06. The standard InChI is InChI=1S/C17H18FNO2/c1-2-21-17(20)16(19)10-12-5-3-6-13(9-12)14-7-4-8-15(18)11-14/h3-9,11,16H,2,10,19H2,1H3/t16-/m0/s1. The molecular formula is C17H18FNO2. The zero-order valence-corrected chi connectivity index (χ0v) is 11.9. The van der Waals surface area contributed by atoms with Gasteiger partial charge >= 0.3 is 5.97 Å². The molecule has 0 saturated heterocycles. The molecule has 3 nitrogen and oxygen atoms in total. The first-order valence-corrected chi connectivity index (χ1v) is 6.87. The van der Waals surface area contributed by atoms with Crippen LogP contribution in [0.1, 0.15) is 12.5 Å². The zero-order chi connectivity index (χ0) is 15.2. The topological polar surface area (TPSA) is 52.3 Å². The Balaban J connectivity index is 2.16. The summed E-state index contributed by atoms with van der Waals surface area (Å²) in [4.78, 5) is 11.6. The quantitative estimate of drug-likeness (QED) is 0.860. The number of esters is 1. The van der Waals surface area contributed by atoms with Gasteiger partial charge in [-0.3, -0.25) is 4.79 Å². The lowest BCUT2D eigenvalue weighted by atomic mass is 9.99. The largest absolute Gasteiger partial charge is 0.465 e. The van der Waals surface area contributed by atoms with Gasteiger partial charge in [0.25, 0.3) is 0 Å². The van der Waals surface area contributed by atoms with Crippen LogP contribution < -0.4 is 5.73 Å². The monoisotopic (exact) mass is 287 g/mol. The molecule has 2 aromatic carbocycles. The van der Waals surface area contributed by atoms with Crippen LogP contribution in [0.4, 0.5) is 4.39 Å². The van der Waals surface area contributed by atoms with Gasteiger partial charge < -0.3 is 10.5 Å². The van der Waals surface area contributed by atoms with Gasteiger partial charge in [-0.2, -0.15) is 0 Å². The first kappa shape index (κ1) is 15.2. The van der Waals surface area contributed by atoms with Gasteiger partial charge in [-0.25, -0.2) is 4.39 Å². The molecule has 2 rings (SSSR count). The van der Waals surface area contributed by atoms with Gasteiger partial charge in [0.15, 0.2) is 0 Å².